The van der Waals surface area contributed by atoms with E-state index in [4.69, 9.17) is 5.73 Å². The van der Waals surface area contributed by atoms with Gasteiger partial charge in [-0.05, 0) is 11.1 Å². The van der Waals surface area contributed by atoms with E-state index in [1.165, 1.54) is 0 Å². The van der Waals surface area contributed by atoms with Gasteiger partial charge in [0.1, 0.15) is 6.10 Å². The van der Waals surface area contributed by atoms with Crippen LogP contribution in [0.5, 0.6) is 0 Å². The molecule has 1 aromatic carbocycles. The first-order chi connectivity index (χ1) is 6.70. The van der Waals surface area contributed by atoms with Crippen LogP contribution in [0.4, 0.5) is 0 Å². The molecule has 0 aliphatic carbocycles. The van der Waals surface area contributed by atoms with Crippen LogP contribution in [-0.2, 0) is 5.33 Å². The van der Waals surface area contributed by atoms with Crippen molar-refractivity contribution >= 4 is 15.9 Å². The summed E-state index contributed by atoms with van der Waals surface area (Å²) in [4.78, 5) is 0. The van der Waals surface area contributed by atoms with Crippen LogP contribution in [0, 0.1) is 0 Å². The Kier molecular flexibility index (Phi) is 4.54. The summed E-state index contributed by atoms with van der Waals surface area (Å²) in [7, 11) is 0. The molecule has 0 aliphatic heterocycles. The first kappa shape index (κ1) is 11.7. The first-order valence-corrected chi connectivity index (χ1v) is 5.52. The summed E-state index contributed by atoms with van der Waals surface area (Å²) in [5.74, 6) is 0. The minimum Gasteiger partial charge on any atom is -0.389 e. The number of hydrogen-bond acceptors (Lipinski definition) is 3. The molecule has 0 aromatic heterocycles. The van der Waals surface area contributed by atoms with Gasteiger partial charge in [-0.3, -0.25) is 0 Å². The smallest absolute Gasteiger partial charge is 0.106 e. The molecule has 0 heterocycles. The fraction of sp³-hybridized carbons (Fsp3) is 0.400. The van der Waals surface area contributed by atoms with Crippen LogP contribution < -0.4 is 5.73 Å². The van der Waals surface area contributed by atoms with E-state index in [0.29, 0.717) is 5.33 Å². The highest BCUT2D eigenvalue weighted by molar-refractivity contribution is 9.08. The van der Waals surface area contributed by atoms with Crippen molar-refractivity contribution in [3.63, 3.8) is 0 Å². The minimum absolute atomic E-state index is 0.0534. The van der Waals surface area contributed by atoms with Crippen LogP contribution in [0.25, 0.3) is 0 Å². The highest BCUT2D eigenvalue weighted by Crippen LogP contribution is 2.22. The summed E-state index contributed by atoms with van der Waals surface area (Å²) >= 11 is 3.32. The van der Waals surface area contributed by atoms with Crippen LogP contribution in [0.3, 0.4) is 0 Å². The van der Waals surface area contributed by atoms with Gasteiger partial charge in [-0.25, -0.2) is 0 Å². The Bertz CT molecular complexity index is 293. The van der Waals surface area contributed by atoms with Gasteiger partial charge in [0.05, 0.1) is 6.10 Å². The van der Waals surface area contributed by atoms with Crippen LogP contribution in [0.1, 0.15) is 17.2 Å². The number of aliphatic hydroxyl groups excluding tert-OH is 2. The standard InChI is InChI=1S/C10H14BrNO2/c11-5-7-3-1-2-4-8(7)10(14)9(13)6-12/h1-4,9-10,13-14H,5-6,12H2. The fourth-order valence-electron chi connectivity index (χ4n) is 1.28. The van der Waals surface area contributed by atoms with E-state index >= 15 is 0 Å². The molecule has 2 atom stereocenters. The van der Waals surface area contributed by atoms with E-state index in [-0.39, 0.29) is 6.54 Å². The van der Waals surface area contributed by atoms with Crippen LogP contribution >= 0.6 is 15.9 Å². The summed E-state index contributed by atoms with van der Waals surface area (Å²) in [5, 5.41) is 19.8. The second kappa shape index (κ2) is 5.46. The normalized spacial score (nSPS) is 15.1. The summed E-state index contributed by atoms with van der Waals surface area (Å²) in [5.41, 5.74) is 6.97. The molecule has 1 rings (SSSR count). The molecule has 2 unspecified atom stereocenters. The zero-order valence-corrected chi connectivity index (χ0v) is 9.31. The minimum atomic E-state index is -0.909. The van der Waals surface area contributed by atoms with Gasteiger partial charge in [0.15, 0.2) is 0 Å². The Morgan fingerprint density at radius 2 is 1.93 bits per heavy atom. The van der Waals surface area contributed by atoms with Gasteiger partial charge in [0.25, 0.3) is 0 Å². The summed E-state index contributed by atoms with van der Waals surface area (Å²) < 4.78 is 0. The average Bonchev–Trinajstić information content (AvgIpc) is 2.26. The van der Waals surface area contributed by atoms with Crippen LogP contribution in [0.2, 0.25) is 0 Å². The largest absolute Gasteiger partial charge is 0.389 e. The topological polar surface area (TPSA) is 66.5 Å². The molecule has 1 aromatic rings. The zero-order valence-electron chi connectivity index (χ0n) is 7.73. The van der Waals surface area contributed by atoms with E-state index in [1.54, 1.807) is 6.07 Å². The second-order valence-electron chi connectivity index (χ2n) is 3.08. The van der Waals surface area contributed by atoms with Crippen LogP contribution in [0.15, 0.2) is 24.3 Å². The van der Waals surface area contributed by atoms with Crippen molar-refractivity contribution in [3.05, 3.63) is 35.4 Å². The third kappa shape index (κ3) is 2.54. The van der Waals surface area contributed by atoms with Crippen molar-refractivity contribution in [3.8, 4) is 0 Å². The average molecular weight is 260 g/mol. The predicted octanol–water partition coefficient (Wildman–Crippen LogP) is 0.934. The lowest BCUT2D eigenvalue weighted by Gasteiger charge is -2.18. The first-order valence-electron chi connectivity index (χ1n) is 4.40. The SMILES string of the molecule is NCC(O)C(O)c1ccccc1CBr. The molecule has 14 heavy (non-hydrogen) atoms. The molecule has 0 saturated carbocycles. The number of aliphatic hydroxyl groups is 2. The maximum Gasteiger partial charge on any atom is 0.106 e. The molecule has 4 heteroatoms. The summed E-state index contributed by atoms with van der Waals surface area (Å²) in [6.07, 6.45) is -1.82. The van der Waals surface area contributed by atoms with E-state index in [0.717, 1.165) is 11.1 Å². The van der Waals surface area contributed by atoms with Crippen molar-refractivity contribution in [1.82, 2.24) is 0 Å². The van der Waals surface area contributed by atoms with Gasteiger partial charge in [-0.15, -0.1) is 0 Å². The van der Waals surface area contributed by atoms with Crippen molar-refractivity contribution in [2.75, 3.05) is 6.54 Å². The van der Waals surface area contributed by atoms with Crippen molar-refractivity contribution in [1.29, 1.82) is 0 Å². The number of halogens is 1. The van der Waals surface area contributed by atoms with Gasteiger partial charge in [-0.2, -0.15) is 0 Å². The molecule has 0 fully saturated rings. The number of hydrogen-bond donors (Lipinski definition) is 3. The number of rotatable bonds is 4. The Morgan fingerprint density at radius 3 is 2.50 bits per heavy atom. The lowest BCUT2D eigenvalue weighted by atomic mass is 10.00. The Morgan fingerprint density at radius 1 is 1.29 bits per heavy atom. The predicted molar refractivity (Wildman–Crippen MR) is 59.1 cm³/mol. The van der Waals surface area contributed by atoms with Crippen molar-refractivity contribution in [2.45, 2.75) is 17.5 Å². The number of nitrogens with two attached hydrogens (primary N) is 1. The summed E-state index contributed by atoms with van der Waals surface area (Å²) in [6, 6.07) is 7.41. The molecule has 0 bridgehead atoms. The molecule has 0 spiro atoms. The molecule has 78 valence electrons. The monoisotopic (exact) mass is 259 g/mol. The van der Waals surface area contributed by atoms with Gasteiger partial charge >= 0.3 is 0 Å². The van der Waals surface area contributed by atoms with Crippen LogP contribution in [-0.4, -0.2) is 22.9 Å². The maximum atomic E-state index is 9.75. The molecule has 0 amide bonds. The van der Waals surface area contributed by atoms with Gasteiger partial charge in [0, 0.05) is 11.9 Å². The molecule has 0 aliphatic rings. The Hall–Kier alpha value is -0.420. The lowest BCUT2D eigenvalue weighted by molar-refractivity contribution is 0.0239. The highest BCUT2D eigenvalue weighted by Gasteiger charge is 2.18. The molecule has 4 N–H and O–H groups in total. The Labute approximate surface area is 91.7 Å². The quantitative estimate of drug-likeness (QED) is 0.706. The third-order valence-electron chi connectivity index (χ3n) is 2.12. The molecule has 3 nitrogen and oxygen atoms in total. The highest BCUT2D eigenvalue weighted by atomic mass is 79.9. The Balaban J connectivity index is 2.93. The van der Waals surface area contributed by atoms with E-state index in [2.05, 4.69) is 15.9 Å². The lowest BCUT2D eigenvalue weighted by Crippen LogP contribution is -2.27. The molecule has 0 saturated heterocycles. The van der Waals surface area contributed by atoms with E-state index in [1.807, 2.05) is 18.2 Å². The third-order valence-corrected chi connectivity index (χ3v) is 2.73. The molecule has 0 radical (unpaired) electrons. The van der Waals surface area contributed by atoms with E-state index in [9.17, 15) is 10.2 Å². The number of alkyl halides is 1. The second-order valence-corrected chi connectivity index (χ2v) is 3.64. The zero-order chi connectivity index (χ0) is 10.6. The fourth-order valence-corrected chi connectivity index (χ4v) is 1.79. The molecular formula is C10H14BrNO2. The van der Waals surface area contributed by atoms with Gasteiger partial charge in [-0.1, -0.05) is 40.2 Å². The molecular weight excluding hydrogens is 246 g/mol. The maximum absolute atomic E-state index is 9.75. The number of benzene rings is 1. The summed E-state index contributed by atoms with van der Waals surface area (Å²) in [6.45, 7) is 0.0534. The van der Waals surface area contributed by atoms with Gasteiger partial charge < -0.3 is 15.9 Å². The van der Waals surface area contributed by atoms with Crippen molar-refractivity contribution < 1.29 is 10.2 Å². The van der Waals surface area contributed by atoms with E-state index < -0.39 is 12.2 Å². The van der Waals surface area contributed by atoms with Crippen molar-refractivity contribution in [2.24, 2.45) is 5.73 Å². The van der Waals surface area contributed by atoms with Gasteiger partial charge in [0.2, 0.25) is 0 Å².